The van der Waals surface area contributed by atoms with Gasteiger partial charge in [-0.1, -0.05) is 6.92 Å². The SMILES string of the molecule is CCSCCCN1CCC2(CC1)OCCO2. The predicted octanol–water partition coefficient (Wildman–Crippen LogP) is 1.97. The molecule has 4 heteroatoms. The van der Waals surface area contributed by atoms with Gasteiger partial charge in [0.2, 0.25) is 0 Å². The summed E-state index contributed by atoms with van der Waals surface area (Å²) in [5.74, 6) is 2.34. The van der Waals surface area contributed by atoms with Crippen molar-refractivity contribution in [3.63, 3.8) is 0 Å². The van der Waals surface area contributed by atoms with Crippen LogP contribution in [0.2, 0.25) is 0 Å². The Hall–Kier alpha value is 0.230. The number of hydrogen-bond donors (Lipinski definition) is 0. The molecule has 94 valence electrons. The van der Waals surface area contributed by atoms with E-state index in [-0.39, 0.29) is 5.79 Å². The molecule has 0 unspecified atom stereocenters. The van der Waals surface area contributed by atoms with E-state index < -0.39 is 0 Å². The number of likely N-dealkylation sites (tertiary alicyclic amines) is 1. The highest BCUT2D eigenvalue weighted by Gasteiger charge is 2.39. The zero-order valence-electron chi connectivity index (χ0n) is 10.2. The third kappa shape index (κ3) is 3.36. The Bertz CT molecular complexity index is 197. The van der Waals surface area contributed by atoms with Gasteiger partial charge in [0.1, 0.15) is 0 Å². The maximum absolute atomic E-state index is 5.72. The molecular formula is C12H23NO2S. The Kier molecular flexibility index (Phi) is 4.95. The standard InChI is InChI=1S/C12H23NO2S/c1-2-16-11-3-6-13-7-4-12(5-8-13)14-9-10-15-12/h2-11H2,1H3. The molecule has 1 spiro atoms. The van der Waals surface area contributed by atoms with Gasteiger partial charge >= 0.3 is 0 Å². The maximum atomic E-state index is 5.72. The minimum absolute atomic E-state index is 0.200. The van der Waals surface area contributed by atoms with Crippen molar-refractivity contribution in [1.29, 1.82) is 0 Å². The van der Waals surface area contributed by atoms with E-state index >= 15 is 0 Å². The van der Waals surface area contributed by atoms with Gasteiger partial charge in [0.25, 0.3) is 0 Å². The molecule has 0 aromatic carbocycles. The van der Waals surface area contributed by atoms with Crippen LogP contribution in [0, 0.1) is 0 Å². The molecular weight excluding hydrogens is 222 g/mol. The molecule has 2 saturated heterocycles. The third-order valence-electron chi connectivity index (χ3n) is 3.40. The zero-order valence-corrected chi connectivity index (χ0v) is 11.1. The van der Waals surface area contributed by atoms with E-state index in [2.05, 4.69) is 11.8 Å². The van der Waals surface area contributed by atoms with Gasteiger partial charge in [-0.25, -0.2) is 0 Å². The summed E-state index contributed by atoms with van der Waals surface area (Å²) in [6.07, 6.45) is 3.41. The van der Waals surface area contributed by atoms with Gasteiger partial charge in [0, 0.05) is 25.9 Å². The van der Waals surface area contributed by atoms with Gasteiger partial charge < -0.3 is 14.4 Å². The Morgan fingerprint density at radius 3 is 2.50 bits per heavy atom. The second kappa shape index (κ2) is 6.24. The van der Waals surface area contributed by atoms with Crippen molar-refractivity contribution in [1.82, 2.24) is 4.90 Å². The second-order valence-corrected chi connectivity index (χ2v) is 5.89. The summed E-state index contributed by atoms with van der Waals surface area (Å²) in [7, 11) is 0. The minimum Gasteiger partial charge on any atom is -0.347 e. The quantitative estimate of drug-likeness (QED) is 0.690. The molecule has 16 heavy (non-hydrogen) atoms. The van der Waals surface area contributed by atoms with Crippen LogP contribution in [0.4, 0.5) is 0 Å². The number of rotatable bonds is 5. The van der Waals surface area contributed by atoms with Crippen LogP contribution in [0.15, 0.2) is 0 Å². The van der Waals surface area contributed by atoms with E-state index in [0.29, 0.717) is 0 Å². The van der Waals surface area contributed by atoms with Gasteiger partial charge in [-0.05, 0) is 24.5 Å². The lowest BCUT2D eigenvalue weighted by Crippen LogP contribution is -2.45. The summed E-state index contributed by atoms with van der Waals surface area (Å²) >= 11 is 2.04. The molecule has 2 rings (SSSR count). The molecule has 0 atom stereocenters. The molecule has 2 aliphatic heterocycles. The molecule has 0 aliphatic carbocycles. The molecule has 0 amide bonds. The van der Waals surface area contributed by atoms with Crippen LogP contribution < -0.4 is 0 Å². The van der Waals surface area contributed by atoms with Crippen molar-refractivity contribution in [2.24, 2.45) is 0 Å². The highest BCUT2D eigenvalue weighted by atomic mass is 32.2. The lowest BCUT2D eigenvalue weighted by atomic mass is 10.0. The molecule has 0 radical (unpaired) electrons. The molecule has 0 aromatic rings. The van der Waals surface area contributed by atoms with Crippen molar-refractivity contribution in [2.45, 2.75) is 32.0 Å². The van der Waals surface area contributed by atoms with E-state index in [1.807, 2.05) is 11.8 Å². The average Bonchev–Trinajstić information content (AvgIpc) is 2.76. The van der Waals surface area contributed by atoms with Crippen LogP contribution in [0.5, 0.6) is 0 Å². The van der Waals surface area contributed by atoms with Crippen molar-refractivity contribution in [2.75, 3.05) is 44.4 Å². The first-order valence-electron chi connectivity index (χ1n) is 6.43. The van der Waals surface area contributed by atoms with Crippen molar-refractivity contribution >= 4 is 11.8 Å². The first kappa shape index (κ1) is 12.7. The maximum Gasteiger partial charge on any atom is 0.170 e. The fraction of sp³-hybridized carbons (Fsp3) is 1.00. The first-order valence-corrected chi connectivity index (χ1v) is 7.58. The fourth-order valence-electron chi connectivity index (χ4n) is 2.44. The number of hydrogen-bond acceptors (Lipinski definition) is 4. The highest BCUT2D eigenvalue weighted by Crippen LogP contribution is 2.31. The van der Waals surface area contributed by atoms with Gasteiger partial charge in [-0.3, -0.25) is 0 Å². The number of nitrogens with zero attached hydrogens (tertiary/aromatic N) is 1. The number of piperidine rings is 1. The van der Waals surface area contributed by atoms with E-state index in [1.54, 1.807) is 0 Å². The molecule has 0 bridgehead atoms. The van der Waals surface area contributed by atoms with E-state index in [0.717, 1.165) is 39.1 Å². The van der Waals surface area contributed by atoms with Crippen LogP contribution in [0.3, 0.4) is 0 Å². The van der Waals surface area contributed by atoms with E-state index in [4.69, 9.17) is 9.47 Å². The van der Waals surface area contributed by atoms with Crippen molar-refractivity contribution in [3.05, 3.63) is 0 Å². The van der Waals surface area contributed by atoms with E-state index in [9.17, 15) is 0 Å². The predicted molar refractivity (Wildman–Crippen MR) is 67.9 cm³/mol. The lowest BCUT2D eigenvalue weighted by molar-refractivity contribution is -0.185. The Balaban J connectivity index is 1.61. The Morgan fingerprint density at radius 2 is 1.88 bits per heavy atom. The molecule has 0 aromatic heterocycles. The zero-order chi connectivity index (χ0) is 11.3. The lowest BCUT2D eigenvalue weighted by Gasteiger charge is -2.37. The van der Waals surface area contributed by atoms with Gasteiger partial charge in [-0.2, -0.15) is 11.8 Å². The van der Waals surface area contributed by atoms with Crippen LogP contribution in [0.25, 0.3) is 0 Å². The Labute approximate surface area is 103 Å². The molecule has 2 aliphatic rings. The summed E-state index contributed by atoms with van der Waals surface area (Å²) in [6.45, 7) is 7.31. The second-order valence-electron chi connectivity index (χ2n) is 4.50. The summed E-state index contributed by atoms with van der Waals surface area (Å²) in [5.41, 5.74) is 0. The topological polar surface area (TPSA) is 21.7 Å². The smallest absolute Gasteiger partial charge is 0.170 e. The van der Waals surface area contributed by atoms with Gasteiger partial charge in [0.05, 0.1) is 13.2 Å². The molecule has 0 N–H and O–H groups in total. The fourth-order valence-corrected chi connectivity index (χ4v) is 3.06. The monoisotopic (exact) mass is 245 g/mol. The van der Waals surface area contributed by atoms with E-state index in [1.165, 1.54) is 24.5 Å². The molecule has 2 heterocycles. The summed E-state index contributed by atoms with van der Waals surface area (Å²) in [6, 6.07) is 0. The van der Waals surface area contributed by atoms with Gasteiger partial charge in [-0.15, -0.1) is 0 Å². The van der Waals surface area contributed by atoms with Crippen molar-refractivity contribution in [3.8, 4) is 0 Å². The number of ether oxygens (including phenoxy) is 2. The Morgan fingerprint density at radius 1 is 1.19 bits per heavy atom. The largest absolute Gasteiger partial charge is 0.347 e. The molecule has 0 saturated carbocycles. The summed E-state index contributed by atoms with van der Waals surface area (Å²) in [5, 5.41) is 0. The third-order valence-corrected chi connectivity index (χ3v) is 4.38. The average molecular weight is 245 g/mol. The van der Waals surface area contributed by atoms with Crippen LogP contribution in [0.1, 0.15) is 26.2 Å². The normalized spacial score (nSPS) is 25.3. The van der Waals surface area contributed by atoms with Crippen LogP contribution in [-0.4, -0.2) is 55.0 Å². The molecule has 3 nitrogen and oxygen atoms in total. The summed E-state index contributed by atoms with van der Waals surface area (Å²) in [4.78, 5) is 2.55. The highest BCUT2D eigenvalue weighted by molar-refractivity contribution is 7.99. The van der Waals surface area contributed by atoms with Crippen LogP contribution >= 0.6 is 11.8 Å². The van der Waals surface area contributed by atoms with Crippen LogP contribution in [-0.2, 0) is 9.47 Å². The first-order chi connectivity index (χ1) is 7.85. The van der Waals surface area contributed by atoms with Crippen molar-refractivity contribution < 1.29 is 9.47 Å². The summed E-state index contributed by atoms with van der Waals surface area (Å²) < 4.78 is 11.4. The minimum atomic E-state index is -0.200. The number of thioether (sulfide) groups is 1. The molecule has 2 fully saturated rings. The van der Waals surface area contributed by atoms with Gasteiger partial charge in [0.15, 0.2) is 5.79 Å².